The smallest absolute Gasteiger partial charge is 0.243 e. The van der Waals surface area contributed by atoms with Gasteiger partial charge in [0.2, 0.25) is 11.8 Å². The maximum Gasteiger partial charge on any atom is 0.243 e. The molecule has 1 aliphatic rings. The fourth-order valence-corrected chi connectivity index (χ4v) is 3.69. The van der Waals surface area contributed by atoms with E-state index in [1.54, 1.807) is 11.8 Å². The Morgan fingerprint density at radius 2 is 1.82 bits per heavy atom. The summed E-state index contributed by atoms with van der Waals surface area (Å²) < 4.78 is 0. The van der Waals surface area contributed by atoms with Gasteiger partial charge < -0.3 is 5.32 Å². The third kappa shape index (κ3) is 6.11. The van der Waals surface area contributed by atoms with E-state index in [-0.39, 0.29) is 24.7 Å². The van der Waals surface area contributed by atoms with Gasteiger partial charge in [-0.3, -0.25) is 9.59 Å². The zero-order valence-corrected chi connectivity index (χ0v) is 17.0. The van der Waals surface area contributed by atoms with Crippen LogP contribution in [-0.4, -0.2) is 41.4 Å². The summed E-state index contributed by atoms with van der Waals surface area (Å²) in [5.41, 5.74) is 1.95. The predicted octanol–water partition coefficient (Wildman–Crippen LogP) is 3.97. The van der Waals surface area contributed by atoms with Gasteiger partial charge in [-0.05, 0) is 29.8 Å². The molecule has 5 nitrogen and oxygen atoms in total. The Kier molecular flexibility index (Phi) is 7.51. The van der Waals surface area contributed by atoms with Crippen LogP contribution >= 0.6 is 23.4 Å². The van der Waals surface area contributed by atoms with Crippen molar-refractivity contribution in [1.29, 1.82) is 0 Å². The number of benzene rings is 2. The Labute approximate surface area is 174 Å². The molecule has 0 unspecified atom stereocenters. The van der Waals surface area contributed by atoms with Crippen LogP contribution in [0.2, 0.25) is 5.02 Å². The number of amides is 2. The molecule has 2 aromatic carbocycles. The van der Waals surface area contributed by atoms with Crippen molar-refractivity contribution in [2.45, 2.75) is 24.2 Å². The molecule has 146 valence electrons. The van der Waals surface area contributed by atoms with Gasteiger partial charge in [0.25, 0.3) is 0 Å². The van der Waals surface area contributed by atoms with Crippen LogP contribution in [-0.2, 0) is 9.59 Å². The van der Waals surface area contributed by atoms with E-state index >= 15 is 0 Å². The Morgan fingerprint density at radius 1 is 1.07 bits per heavy atom. The second-order valence-corrected chi connectivity index (χ2v) is 7.94. The van der Waals surface area contributed by atoms with Crippen molar-refractivity contribution >= 4 is 40.9 Å². The SMILES string of the molecule is O=C(CCC(=O)N1CCC(c2ccccc2)=N1)NCCSc1ccc(Cl)cc1. The van der Waals surface area contributed by atoms with Crippen LogP contribution in [0.15, 0.2) is 64.6 Å². The second-order valence-electron chi connectivity index (χ2n) is 6.33. The highest BCUT2D eigenvalue weighted by Crippen LogP contribution is 2.19. The third-order valence-corrected chi connectivity index (χ3v) is 5.53. The van der Waals surface area contributed by atoms with Crippen LogP contribution in [0.4, 0.5) is 0 Å². The summed E-state index contributed by atoms with van der Waals surface area (Å²) in [5.74, 6) is 0.533. The van der Waals surface area contributed by atoms with Gasteiger partial charge >= 0.3 is 0 Å². The molecule has 0 bridgehead atoms. The van der Waals surface area contributed by atoms with Crippen molar-refractivity contribution < 1.29 is 9.59 Å². The number of hydrogen-bond donors (Lipinski definition) is 1. The molecule has 0 saturated carbocycles. The van der Waals surface area contributed by atoms with Gasteiger partial charge in [0.1, 0.15) is 0 Å². The van der Waals surface area contributed by atoms with Crippen molar-refractivity contribution in [3.8, 4) is 0 Å². The van der Waals surface area contributed by atoms with Gasteiger partial charge in [-0.15, -0.1) is 11.8 Å². The van der Waals surface area contributed by atoms with Crippen LogP contribution in [0.3, 0.4) is 0 Å². The number of nitrogens with one attached hydrogen (secondary N) is 1. The molecule has 0 aliphatic carbocycles. The Balaban J connectivity index is 1.34. The molecule has 28 heavy (non-hydrogen) atoms. The fourth-order valence-electron chi connectivity index (χ4n) is 2.80. The number of carbonyl (C=O) groups excluding carboxylic acids is 2. The number of rotatable bonds is 8. The summed E-state index contributed by atoms with van der Waals surface area (Å²) in [7, 11) is 0. The van der Waals surface area contributed by atoms with Crippen LogP contribution < -0.4 is 5.32 Å². The molecular weight excluding hydrogens is 394 g/mol. The maximum absolute atomic E-state index is 12.3. The lowest BCUT2D eigenvalue weighted by Gasteiger charge is -2.11. The minimum Gasteiger partial charge on any atom is -0.355 e. The molecule has 1 N–H and O–H groups in total. The zero-order valence-electron chi connectivity index (χ0n) is 15.4. The third-order valence-electron chi connectivity index (χ3n) is 4.27. The van der Waals surface area contributed by atoms with E-state index in [1.807, 2.05) is 54.6 Å². The molecule has 0 fully saturated rings. The van der Waals surface area contributed by atoms with Crippen molar-refractivity contribution in [2.24, 2.45) is 5.10 Å². The molecule has 1 aliphatic heterocycles. The Morgan fingerprint density at radius 3 is 2.57 bits per heavy atom. The summed E-state index contributed by atoms with van der Waals surface area (Å²) in [4.78, 5) is 25.4. The first-order chi connectivity index (χ1) is 13.6. The van der Waals surface area contributed by atoms with Gasteiger partial charge in [-0.25, -0.2) is 5.01 Å². The van der Waals surface area contributed by atoms with E-state index in [2.05, 4.69) is 10.4 Å². The van der Waals surface area contributed by atoms with E-state index in [1.165, 1.54) is 5.01 Å². The van der Waals surface area contributed by atoms with Gasteiger partial charge in [0, 0.05) is 41.5 Å². The first-order valence-corrected chi connectivity index (χ1v) is 10.6. The number of halogens is 1. The van der Waals surface area contributed by atoms with Crippen molar-refractivity contribution in [2.75, 3.05) is 18.8 Å². The second kappa shape index (κ2) is 10.3. The lowest BCUT2D eigenvalue weighted by Crippen LogP contribution is -2.29. The molecule has 0 atom stereocenters. The number of thioether (sulfide) groups is 1. The van der Waals surface area contributed by atoms with Gasteiger partial charge in [0.15, 0.2) is 0 Å². The number of hydrazone groups is 1. The van der Waals surface area contributed by atoms with Crippen molar-refractivity contribution in [3.05, 3.63) is 65.2 Å². The molecule has 0 saturated heterocycles. The van der Waals surface area contributed by atoms with Crippen molar-refractivity contribution in [3.63, 3.8) is 0 Å². The number of nitrogens with zero attached hydrogens (tertiary/aromatic N) is 2. The number of hydrogen-bond acceptors (Lipinski definition) is 4. The lowest BCUT2D eigenvalue weighted by atomic mass is 10.1. The van der Waals surface area contributed by atoms with E-state index in [0.717, 1.165) is 28.3 Å². The van der Waals surface area contributed by atoms with Crippen LogP contribution in [0.1, 0.15) is 24.8 Å². The summed E-state index contributed by atoms with van der Waals surface area (Å²) in [6, 6.07) is 17.4. The minimum absolute atomic E-state index is 0.114. The molecular formula is C21H22ClN3O2S. The summed E-state index contributed by atoms with van der Waals surface area (Å²) in [6.45, 7) is 1.13. The molecule has 0 aromatic heterocycles. The standard InChI is InChI=1S/C21H22ClN3O2S/c22-17-6-8-18(9-7-17)28-15-13-23-20(26)10-11-21(27)25-14-12-19(24-25)16-4-2-1-3-5-16/h1-9H,10-15H2,(H,23,26). The molecule has 2 aromatic rings. The Hall–Kier alpha value is -2.31. The molecule has 2 amide bonds. The van der Waals surface area contributed by atoms with Gasteiger partial charge in [-0.2, -0.15) is 5.10 Å². The van der Waals surface area contributed by atoms with Crippen LogP contribution in [0.25, 0.3) is 0 Å². The number of carbonyl (C=O) groups is 2. The van der Waals surface area contributed by atoms with Gasteiger partial charge in [-0.1, -0.05) is 41.9 Å². The molecule has 7 heteroatoms. The minimum atomic E-state index is -0.114. The molecule has 1 heterocycles. The first-order valence-electron chi connectivity index (χ1n) is 9.20. The zero-order chi connectivity index (χ0) is 19.8. The quantitative estimate of drug-likeness (QED) is 0.524. The molecule has 0 radical (unpaired) electrons. The average Bonchev–Trinajstić information content (AvgIpc) is 3.22. The normalized spacial score (nSPS) is 13.3. The highest BCUT2D eigenvalue weighted by molar-refractivity contribution is 7.99. The van der Waals surface area contributed by atoms with Crippen molar-refractivity contribution in [1.82, 2.24) is 10.3 Å². The maximum atomic E-state index is 12.3. The summed E-state index contributed by atoms with van der Waals surface area (Å²) in [5, 5.41) is 9.45. The highest BCUT2D eigenvalue weighted by atomic mass is 35.5. The first kappa shape index (κ1) is 20.4. The van der Waals surface area contributed by atoms with Crippen LogP contribution in [0.5, 0.6) is 0 Å². The van der Waals surface area contributed by atoms with Gasteiger partial charge in [0.05, 0.1) is 12.3 Å². The molecule has 3 rings (SSSR count). The van der Waals surface area contributed by atoms with E-state index in [9.17, 15) is 9.59 Å². The summed E-state index contributed by atoms with van der Waals surface area (Å²) >= 11 is 7.50. The lowest BCUT2D eigenvalue weighted by molar-refractivity contribution is -0.133. The average molecular weight is 416 g/mol. The fraction of sp³-hybridized carbons (Fsp3) is 0.286. The highest BCUT2D eigenvalue weighted by Gasteiger charge is 2.21. The van der Waals surface area contributed by atoms with E-state index in [4.69, 9.17) is 11.6 Å². The van der Waals surface area contributed by atoms with E-state index < -0.39 is 0 Å². The largest absolute Gasteiger partial charge is 0.355 e. The molecule has 0 spiro atoms. The topological polar surface area (TPSA) is 61.8 Å². The summed E-state index contributed by atoms with van der Waals surface area (Å²) in [6.07, 6.45) is 1.09. The van der Waals surface area contributed by atoms with E-state index in [0.29, 0.717) is 18.1 Å². The Bertz CT molecular complexity index is 840. The monoisotopic (exact) mass is 415 g/mol. The predicted molar refractivity (Wildman–Crippen MR) is 114 cm³/mol. The van der Waals surface area contributed by atoms with Crippen LogP contribution in [0, 0.1) is 0 Å².